The first-order valence-electron chi connectivity index (χ1n) is 12.9. The summed E-state index contributed by atoms with van der Waals surface area (Å²) < 4.78 is 6.04. The van der Waals surface area contributed by atoms with E-state index in [1.807, 2.05) is 36.5 Å². The van der Waals surface area contributed by atoms with Gasteiger partial charge in [-0.15, -0.1) is 10.2 Å². The molecule has 2 aromatic heterocycles. The lowest BCUT2D eigenvalue weighted by Crippen LogP contribution is -2.49. The van der Waals surface area contributed by atoms with Crippen LogP contribution in [0.25, 0.3) is 11.5 Å². The molecule has 2 aliphatic rings. The van der Waals surface area contributed by atoms with Crippen LogP contribution < -0.4 is 4.90 Å². The average Bonchev–Trinajstić information content (AvgIpc) is 3.35. The van der Waals surface area contributed by atoms with E-state index in [4.69, 9.17) is 4.42 Å². The van der Waals surface area contributed by atoms with E-state index in [-0.39, 0.29) is 0 Å². The minimum atomic E-state index is 0.455. The summed E-state index contributed by atoms with van der Waals surface area (Å²) >= 11 is 0. The molecular formula is C28H36N6O. The number of aromatic nitrogens is 4. The Balaban J connectivity index is 1.22. The van der Waals surface area contributed by atoms with Crippen molar-refractivity contribution in [1.82, 2.24) is 25.1 Å². The molecule has 7 nitrogen and oxygen atoms in total. The summed E-state index contributed by atoms with van der Waals surface area (Å²) in [5.74, 6) is 4.65. The van der Waals surface area contributed by atoms with Crippen molar-refractivity contribution >= 4 is 5.82 Å². The van der Waals surface area contributed by atoms with E-state index in [2.05, 4.69) is 56.8 Å². The Morgan fingerprint density at radius 3 is 2.54 bits per heavy atom. The smallest absolute Gasteiger partial charge is 0.247 e. The topological polar surface area (TPSA) is 71.2 Å². The average molecular weight is 473 g/mol. The molecule has 3 heterocycles. The Kier molecular flexibility index (Phi) is 7.23. The van der Waals surface area contributed by atoms with Gasteiger partial charge in [-0.25, -0.2) is 4.98 Å². The molecule has 1 fully saturated rings. The van der Waals surface area contributed by atoms with E-state index < -0.39 is 0 Å². The van der Waals surface area contributed by atoms with Gasteiger partial charge in [-0.3, -0.25) is 9.88 Å². The standard InChI is InChI=1S/C28H36N6O/c1-20(2)25-16-23(17-27-31-32-28(35-27)22-7-5-4-6-8-22)21(3)15-24(25)19-33-11-13-34(14-12-33)26-18-29-9-10-30-26/h4-10,15,18,20,23-25H,11-14,16-17,19H2,1-3H3/t23-,24-,25-/m0/s1. The van der Waals surface area contributed by atoms with Crippen LogP contribution in [0.15, 0.2) is 65.0 Å². The molecule has 3 atom stereocenters. The van der Waals surface area contributed by atoms with E-state index in [1.54, 1.807) is 12.4 Å². The number of nitrogens with zero attached hydrogens (tertiary/aromatic N) is 6. The largest absolute Gasteiger partial charge is 0.421 e. The monoisotopic (exact) mass is 472 g/mol. The van der Waals surface area contributed by atoms with Gasteiger partial charge in [0, 0.05) is 57.1 Å². The van der Waals surface area contributed by atoms with Crippen LogP contribution in [0.1, 0.15) is 33.1 Å². The van der Waals surface area contributed by atoms with Crippen molar-refractivity contribution in [3.05, 3.63) is 66.5 Å². The molecule has 1 saturated heterocycles. The van der Waals surface area contributed by atoms with Gasteiger partial charge in [0.15, 0.2) is 0 Å². The van der Waals surface area contributed by atoms with E-state index in [1.165, 1.54) is 12.0 Å². The predicted octanol–water partition coefficient (Wildman–Crippen LogP) is 4.75. The molecule has 0 unspecified atom stereocenters. The fourth-order valence-corrected chi connectivity index (χ4v) is 5.64. The third kappa shape index (κ3) is 5.61. The first-order valence-corrected chi connectivity index (χ1v) is 12.9. The molecule has 0 saturated carbocycles. The summed E-state index contributed by atoms with van der Waals surface area (Å²) in [6.45, 7) is 12.3. The number of hydrogen-bond donors (Lipinski definition) is 0. The van der Waals surface area contributed by atoms with Crippen LogP contribution in [0.3, 0.4) is 0 Å². The van der Waals surface area contributed by atoms with Gasteiger partial charge in [0.1, 0.15) is 5.82 Å². The molecule has 1 aromatic carbocycles. The second kappa shape index (κ2) is 10.7. The second-order valence-electron chi connectivity index (χ2n) is 10.3. The van der Waals surface area contributed by atoms with E-state index in [9.17, 15) is 0 Å². The molecule has 5 rings (SSSR count). The minimum absolute atomic E-state index is 0.455. The Bertz CT molecular complexity index is 1100. The number of rotatable bonds is 7. The normalized spacial score (nSPS) is 23.5. The van der Waals surface area contributed by atoms with E-state index >= 15 is 0 Å². The molecule has 0 bridgehead atoms. The zero-order valence-electron chi connectivity index (χ0n) is 21.0. The third-order valence-corrected chi connectivity index (χ3v) is 7.71. The molecular weight excluding hydrogens is 436 g/mol. The molecule has 7 heteroatoms. The molecule has 184 valence electrons. The number of hydrogen-bond acceptors (Lipinski definition) is 7. The van der Waals surface area contributed by atoms with Gasteiger partial charge in [-0.1, -0.05) is 43.7 Å². The van der Waals surface area contributed by atoms with Crippen LogP contribution in [0.2, 0.25) is 0 Å². The molecule has 0 N–H and O–H groups in total. The lowest BCUT2D eigenvalue weighted by molar-refractivity contribution is 0.155. The highest BCUT2D eigenvalue weighted by molar-refractivity contribution is 5.51. The molecule has 3 aromatic rings. The van der Waals surface area contributed by atoms with Crippen molar-refractivity contribution in [1.29, 1.82) is 0 Å². The summed E-state index contributed by atoms with van der Waals surface area (Å²) in [4.78, 5) is 13.7. The lowest BCUT2D eigenvalue weighted by Gasteiger charge is -2.41. The van der Waals surface area contributed by atoms with Crippen molar-refractivity contribution in [3.63, 3.8) is 0 Å². The highest BCUT2D eigenvalue weighted by Gasteiger charge is 2.34. The maximum absolute atomic E-state index is 6.04. The van der Waals surface area contributed by atoms with Crippen molar-refractivity contribution in [2.24, 2.45) is 23.7 Å². The van der Waals surface area contributed by atoms with Gasteiger partial charge in [0.2, 0.25) is 11.8 Å². The molecule has 0 spiro atoms. The van der Waals surface area contributed by atoms with Crippen LogP contribution in [0, 0.1) is 23.7 Å². The highest BCUT2D eigenvalue weighted by atomic mass is 16.4. The van der Waals surface area contributed by atoms with Gasteiger partial charge in [-0.05, 0) is 49.1 Å². The van der Waals surface area contributed by atoms with Crippen LogP contribution in [-0.2, 0) is 6.42 Å². The SMILES string of the molecule is CC1=C[C@@H](CN2CCN(c3cnccn3)CC2)[C@H](C(C)C)C[C@H]1Cc1nnc(-c2ccccc2)o1. The zero-order valence-corrected chi connectivity index (χ0v) is 21.0. The Labute approximate surface area is 208 Å². The summed E-state index contributed by atoms with van der Waals surface area (Å²) in [5, 5.41) is 8.67. The first kappa shape index (κ1) is 23.7. The quantitative estimate of drug-likeness (QED) is 0.460. The predicted molar refractivity (Wildman–Crippen MR) is 138 cm³/mol. The Morgan fingerprint density at radius 2 is 1.83 bits per heavy atom. The number of piperazine rings is 1. The second-order valence-corrected chi connectivity index (χ2v) is 10.3. The van der Waals surface area contributed by atoms with Crippen molar-refractivity contribution in [2.45, 2.75) is 33.6 Å². The van der Waals surface area contributed by atoms with Crippen molar-refractivity contribution in [3.8, 4) is 11.5 Å². The van der Waals surface area contributed by atoms with Crippen molar-refractivity contribution in [2.75, 3.05) is 37.6 Å². The highest BCUT2D eigenvalue weighted by Crippen LogP contribution is 2.39. The van der Waals surface area contributed by atoms with Gasteiger partial charge in [-0.2, -0.15) is 0 Å². The Morgan fingerprint density at radius 1 is 1.03 bits per heavy atom. The third-order valence-electron chi connectivity index (χ3n) is 7.71. The molecule has 35 heavy (non-hydrogen) atoms. The fourth-order valence-electron chi connectivity index (χ4n) is 5.64. The first-order chi connectivity index (χ1) is 17.1. The zero-order chi connectivity index (χ0) is 24.2. The minimum Gasteiger partial charge on any atom is -0.421 e. The van der Waals surface area contributed by atoms with Gasteiger partial charge in [0.25, 0.3) is 0 Å². The molecule has 1 aliphatic carbocycles. The van der Waals surface area contributed by atoms with E-state index in [0.717, 1.165) is 56.4 Å². The molecule has 0 radical (unpaired) electrons. The maximum atomic E-state index is 6.04. The summed E-state index contributed by atoms with van der Waals surface area (Å²) in [6, 6.07) is 10.0. The molecule has 1 aliphatic heterocycles. The number of allylic oxidation sites excluding steroid dienone is 1. The Hall–Kier alpha value is -3.06. The van der Waals surface area contributed by atoms with Crippen molar-refractivity contribution < 1.29 is 4.42 Å². The van der Waals surface area contributed by atoms with Crippen LogP contribution >= 0.6 is 0 Å². The molecule has 0 amide bonds. The van der Waals surface area contributed by atoms with Crippen LogP contribution in [0.5, 0.6) is 0 Å². The van der Waals surface area contributed by atoms with Gasteiger partial charge in [0.05, 0.1) is 6.20 Å². The van der Waals surface area contributed by atoms with Crippen LogP contribution in [0.4, 0.5) is 5.82 Å². The maximum Gasteiger partial charge on any atom is 0.247 e. The fraction of sp³-hybridized carbons (Fsp3) is 0.500. The van der Waals surface area contributed by atoms with Crippen LogP contribution in [-0.4, -0.2) is 57.8 Å². The number of anilines is 1. The summed E-state index contributed by atoms with van der Waals surface area (Å²) in [6.07, 6.45) is 9.91. The lowest BCUT2D eigenvalue weighted by atomic mass is 9.69. The summed E-state index contributed by atoms with van der Waals surface area (Å²) in [5.41, 5.74) is 2.44. The van der Waals surface area contributed by atoms with E-state index in [0.29, 0.717) is 29.6 Å². The number of benzene rings is 1. The van der Waals surface area contributed by atoms with Gasteiger partial charge < -0.3 is 9.32 Å². The summed E-state index contributed by atoms with van der Waals surface area (Å²) in [7, 11) is 0. The van der Waals surface area contributed by atoms with Gasteiger partial charge >= 0.3 is 0 Å².